The van der Waals surface area contributed by atoms with Crippen LogP contribution in [0.15, 0.2) is 18.2 Å². The van der Waals surface area contributed by atoms with Crippen molar-refractivity contribution in [2.45, 2.75) is 13.0 Å². The molecule has 1 atom stereocenters. The largest absolute Gasteiger partial charge is 0.398 e. The molecular weight excluding hydrogens is 152 g/mol. The Bertz CT molecular complexity index is 273. The average Bonchev–Trinajstić information content (AvgIpc) is 2.08. The average molecular weight is 166 g/mol. The van der Waals surface area contributed by atoms with E-state index in [9.17, 15) is 0 Å². The zero-order chi connectivity index (χ0) is 9.14. The first-order chi connectivity index (χ1) is 5.65. The Morgan fingerprint density at radius 2 is 2.17 bits per heavy atom. The number of nitrogen functional groups attached to an aromatic ring is 1. The highest BCUT2D eigenvalue weighted by Crippen LogP contribution is 2.19. The predicted octanol–water partition coefficient (Wildman–Crippen LogP) is 0.569. The smallest absolute Gasteiger partial charge is 0.0625 e. The van der Waals surface area contributed by atoms with E-state index in [1.807, 2.05) is 19.1 Å². The highest BCUT2D eigenvalue weighted by molar-refractivity contribution is 5.50. The standard InChI is InChI=1S/C9H14N2O/c1-6-2-3-8(10)7(4-6)9(11)5-12/h2-4,9,12H,5,10-11H2,1H3. The Hall–Kier alpha value is -1.06. The predicted molar refractivity (Wildman–Crippen MR) is 49.6 cm³/mol. The molecule has 0 saturated heterocycles. The van der Waals surface area contributed by atoms with Crippen molar-refractivity contribution in [3.8, 4) is 0 Å². The minimum atomic E-state index is -0.370. The normalized spacial score (nSPS) is 12.9. The van der Waals surface area contributed by atoms with Gasteiger partial charge in [0.15, 0.2) is 0 Å². The van der Waals surface area contributed by atoms with Crippen molar-refractivity contribution in [1.29, 1.82) is 0 Å². The first-order valence-corrected chi connectivity index (χ1v) is 3.87. The molecule has 0 heterocycles. The van der Waals surface area contributed by atoms with E-state index in [1.165, 1.54) is 0 Å². The van der Waals surface area contributed by atoms with Gasteiger partial charge in [0.25, 0.3) is 0 Å². The number of rotatable bonds is 2. The molecule has 3 nitrogen and oxygen atoms in total. The first-order valence-electron chi connectivity index (χ1n) is 3.87. The summed E-state index contributed by atoms with van der Waals surface area (Å²) in [7, 11) is 0. The summed E-state index contributed by atoms with van der Waals surface area (Å²) in [5, 5.41) is 8.82. The molecule has 0 aromatic heterocycles. The maximum absolute atomic E-state index is 8.82. The molecule has 5 N–H and O–H groups in total. The molecule has 0 radical (unpaired) electrons. The number of benzene rings is 1. The third kappa shape index (κ3) is 1.75. The van der Waals surface area contributed by atoms with Crippen molar-refractivity contribution >= 4 is 5.69 Å². The molecule has 0 bridgehead atoms. The lowest BCUT2D eigenvalue weighted by Crippen LogP contribution is -2.16. The van der Waals surface area contributed by atoms with E-state index in [0.29, 0.717) is 5.69 Å². The third-order valence-electron chi connectivity index (χ3n) is 1.84. The summed E-state index contributed by atoms with van der Waals surface area (Å²) >= 11 is 0. The Balaban J connectivity index is 3.04. The molecule has 0 amide bonds. The van der Waals surface area contributed by atoms with Gasteiger partial charge >= 0.3 is 0 Å². The van der Waals surface area contributed by atoms with Gasteiger partial charge in [-0.3, -0.25) is 0 Å². The van der Waals surface area contributed by atoms with Gasteiger partial charge in [-0.2, -0.15) is 0 Å². The van der Waals surface area contributed by atoms with E-state index in [-0.39, 0.29) is 12.6 Å². The highest BCUT2D eigenvalue weighted by Gasteiger charge is 2.07. The van der Waals surface area contributed by atoms with Crippen LogP contribution in [0.1, 0.15) is 17.2 Å². The monoisotopic (exact) mass is 166 g/mol. The van der Waals surface area contributed by atoms with Crippen molar-refractivity contribution in [2.24, 2.45) is 5.73 Å². The molecule has 0 fully saturated rings. The molecule has 1 aromatic carbocycles. The summed E-state index contributed by atoms with van der Waals surface area (Å²) in [6, 6.07) is 5.25. The minimum absolute atomic E-state index is 0.0757. The molecule has 0 saturated carbocycles. The zero-order valence-electron chi connectivity index (χ0n) is 7.12. The fourth-order valence-corrected chi connectivity index (χ4v) is 1.11. The number of aliphatic hydroxyl groups excluding tert-OH is 1. The van der Waals surface area contributed by atoms with Crippen molar-refractivity contribution < 1.29 is 5.11 Å². The van der Waals surface area contributed by atoms with Crippen LogP contribution in [0.25, 0.3) is 0 Å². The van der Waals surface area contributed by atoms with E-state index in [4.69, 9.17) is 16.6 Å². The van der Waals surface area contributed by atoms with E-state index in [1.54, 1.807) is 6.07 Å². The molecule has 0 spiro atoms. The van der Waals surface area contributed by atoms with Crippen LogP contribution < -0.4 is 11.5 Å². The lowest BCUT2D eigenvalue weighted by Gasteiger charge is -2.11. The van der Waals surface area contributed by atoms with Crippen molar-refractivity contribution in [1.82, 2.24) is 0 Å². The van der Waals surface area contributed by atoms with Gasteiger partial charge in [-0.05, 0) is 18.6 Å². The van der Waals surface area contributed by atoms with Gasteiger partial charge in [-0.1, -0.05) is 17.7 Å². The second kappa shape index (κ2) is 3.56. The summed E-state index contributed by atoms with van der Waals surface area (Å²) in [6.45, 7) is 1.89. The molecule has 66 valence electrons. The van der Waals surface area contributed by atoms with Crippen LogP contribution in [0.3, 0.4) is 0 Å². The second-order valence-corrected chi connectivity index (χ2v) is 2.92. The quantitative estimate of drug-likeness (QED) is 0.562. The second-order valence-electron chi connectivity index (χ2n) is 2.92. The van der Waals surface area contributed by atoms with E-state index in [2.05, 4.69) is 0 Å². The van der Waals surface area contributed by atoms with Crippen LogP contribution in [0.4, 0.5) is 5.69 Å². The summed E-state index contributed by atoms with van der Waals surface area (Å²) in [5.74, 6) is 0. The van der Waals surface area contributed by atoms with Gasteiger partial charge < -0.3 is 16.6 Å². The number of hydrogen-bond donors (Lipinski definition) is 3. The van der Waals surface area contributed by atoms with Gasteiger partial charge in [0.05, 0.1) is 12.6 Å². The summed E-state index contributed by atoms with van der Waals surface area (Å²) in [5.41, 5.74) is 13.9. The Morgan fingerprint density at radius 1 is 1.50 bits per heavy atom. The third-order valence-corrected chi connectivity index (χ3v) is 1.84. The molecule has 3 heteroatoms. The maximum atomic E-state index is 8.82. The lowest BCUT2D eigenvalue weighted by molar-refractivity contribution is 0.268. The molecule has 1 unspecified atom stereocenters. The molecule has 12 heavy (non-hydrogen) atoms. The number of aliphatic hydroxyl groups is 1. The van der Waals surface area contributed by atoms with Gasteiger partial charge in [-0.25, -0.2) is 0 Å². The summed E-state index contributed by atoms with van der Waals surface area (Å²) in [4.78, 5) is 0. The number of nitrogens with two attached hydrogens (primary N) is 2. The Morgan fingerprint density at radius 3 is 2.75 bits per heavy atom. The van der Waals surface area contributed by atoms with Gasteiger partial charge in [0.2, 0.25) is 0 Å². The molecule has 0 aliphatic rings. The Labute approximate surface area is 72.0 Å². The van der Waals surface area contributed by atoms with Crippen LogP contribution in [0.5, 0.6) is 0 Å². The van der Waals surface area contributed by atoms with E-state index >= 15 is 0 Å². The number of aryl methyl sites for hydroxylation is 1. The van der Waals surface area contributed by atoms with Crippen LogP contribution in [-0.4, -0.2) is 11.7 Å². The van der Waals surface area contributed by atoms with Gasteiger partial charge in [0.1, 0.15) is 0 Å². The number of hydrogen-bond acceptors (Lipinski definition) is 3. The maximum Gasteiger partial charge on any atom is 0.0625 e. The molecular formula is C9H14N2O. The fraction of sp³-hybridized carbons (Fsp3) is 0.333. The van der Waals surface area contributed by atoms with Gasteiger partial charge in [0, 0.05) is 5.69 Å². The van der Waals surface area contributed by atoms with Crippen LogP contribution in [0.2, 0.25) is 0 Å². The topological polar surface area (TPSA) is 72.3 Å². The van der Waals surface area contributed by atoms with Crippen molar-refractivity contribution in [2.75, 3.05) is 12.3 Å². The summed E-state index contributed by atoms with van der Waals surface area (Å²) in [6.07, 6.45) is 0. The SMILES string of the molecule is Cc1ccc(N)c(C(N)CO)c1. The Kier molecular flexibility index (Phi) is 2.68. The van der Waals surface area contributed by atoms with Crippen LogP contribution >= 0.6 is 0 Å². The molecule has 0 aliphatic carbocycles. The summed E-state index contributed by atoms with van der Waals surface area (Å²) < 4.78 is 0. The minimum Gasteiger partial charge on any atom is -0.398 e. The number of anilines is 1. The van der Waals surface area contributed by atoms with E-state index in [0.717, 1.165) is 11.1 Å². The zero-order valence-corrected chi connectivity index (χ0v) is 7.12. The van der Waals surface area contributed by atoms with Gasteiger partial charge in [-0.15, -0.1) is 0 Å². The van der Waals surface area contributed by atoms with Crippen molar-refractivity contribution in [3.05, 3.63) is 29.3 Å². The molecule has 1 rings (SSSR count). The van der Waals surface area contributed by atoms with Crippen molar-refractivity contribution in [3.63, 3.8) is 0 Å². The van der Waals surface area contributed by atoms with Crippen LogP contribution in [-0.2, 0) is 0 Å². The highest BCUT2D eigenvalue weighted by atomic mass is 16.3. The van der Waals surface area contributed by atoms with E-state index < -0.39 is 0 Å². The lowest BCUT2D eigenvalue weighted by atomic mass is 10.0. The first kappa shape index (κ1) is 9.03. The molecule has 0 aliphatic heterocycles. The molecule has 1 aromatic rings. The van der Waals surface area contributed by atoms with Crippen LogP contribution in [0, 0.1) is 6.92 Å². The fourth-order valence-electron chi connectivity index (χ4n) is 1.11.